The number of nitrogens with two attached hydrogens (primary N) is 1. The Morgan fingerprint density at radius 2 is 2.00 bits per heavy atom. The first kappa shape index (κ1) is 21.2. The summed E-state index contributed by atoms with van der Waals surface area (Å²) in [5, 5.41) is 19.8. The molecule has 28 heavy (non-hydrogen) atoms. The van der Waals surface area contributed by atoms with E-state index in [1.54, 1.807) is 31.2 Å². The SMILES string of the molecule is CCOC(=O)CC(=O)CSc1nc(N)c(C#N)c(-c2cccc(Cl)c2)c1C#N. The fourth-order valence-electron chi connectivity index (χ4n) is 2.41. The molecule has 142 valence electrons. The minimum absolute atomic E-state index is 0.0565. The zero-order chi connectivity index (χ0) is 20.7. The van der Waals surface area contributed by atoms with E-state index in [9.17, 15) is 20.1 Å². The number of anilines is 1. The van der Waals surface area contributed by atoms with Crippen LogP contribution in [0.25, 0.3) is 11.1 Å². The van der Waals surface area contributed by atoms with Crippen LogP contribution in [0.2, 0.25) is 5.02 Å². The van der Waals surface area contributed by atoms with E-state index in [4.69, 9.17) is 22.1 Å². The number of nitrogen functional groups attached to an aromatic ring is 1. The summed E-state index contributed by atoms with van der Waals surface area (Å²) in [6.45, 7) is 1.84. The van der Waals surface area contributed by atoms with Gasteiger partial charge in [0, 0.05) is 10.6 Å². The number of rotatable bonds is 7. The zero-order valence-corrected chi connectivity index (χ0v) is 16.4. The maximum absolute atomic E-state index is 12.0. The van der Waals surface area contributed by atoms with Crippen LogP contribution in [0.3, 0.4) is 0 Å². The molecule has 2 rings (SSSR count). The molecule has 1 aromatic carbocycles. The van der Waals surface area contributed by atoms with Gasteiger partial charge in [-0.05, 0) is 24.6 Å². The summed E-state index contributed by atoms with van der Waals surface area (Å²) in [4.78, 5) is 27.5. The van der Waals surface area contributed by atoms with E-state index < -0.39 is 5.97 Å². The van der Waals surface area contributed by atoms with Crippen molar-refractivity contribution in [2.24, 2.45) is 0 Å². The summed E-state index contributed by atoms with van der Waals surface area (Å²) in [7, 11) is 0. The van der Waals surface area contributed by atoms with Crippen LogP contribution in [0, 0.1) is 22.7 Å². The van der Waals surface area contributed by atoms with Gasteiger partial charge in [0.05, 0.1) is 17.9 Å². The molecule has 7 nitrogen and oxygen atoms in total. The van der Waals surface area contributed by atoms with Gasteiger partial charge in [0.15, 0.2) is 5.78 Å². The molecule has 0 fully saturated rings. The number of nitrogens with zero attached hydrogens (tertiary/aromatic N) is 3. The van der Waals surface area contributed by atoms with Gasteiger partial charge in [0.2, 0.25) is 0 Å². The highest BCUT2D eigenvalue weighted by Gasteiger charge is 2.21. The third-order valence-corrected chi connectivity index (χ3v) is 4.82. The van der Waals surface area contributed by atoms with Crippen molar-refractivity contribution >= 4 is 40.9 Å². The number of hydrogen-bond acceptors (Lipinski definition) is 8. The molecule has 0 bridgehead atoms. The summed E-state index contributed by atoms with van der Waals surface area (Å²) in [5.41, 5.74) is 6.92. The third-order valence-electron chi connectivity index (χ3n) is 3.55. The van der Waals surface area contributed by atoms with Gasteiger partial charge in [-0.15, -0.1) is 0 Å². The fourth-order valence-corrected chi connectivity index (χ4v) is 3.45. The van der Waals surface area contributed by atoms with Gasteiger partial charge in [-0.1, -0.05) is 35.5 Å². The van der Waals surface area contributed by atoms with Gasteiger partial charge in [-0.2, -0.15) is 10.5 Å². The number of carbonyl (C=O) groups excluding carboxylic acids is 2. The van der Waals surface area contributed by atoms with Gasteiger partial charge in [0.25, 0.3) is 0 Å². The fraction of sp³-hybridized carbons (Fsp3) is 0.211. The molecule has 2 N–H and O–H groups in total. The standard InChI is InChI=1S/C19H15ClN4O3S/c1-2-27-16(26)7-13(25)10-28-19-15(9-22)17(14(8-21)18(23)24-19)11-4-3-5-12(20)6-11/h3-6H,2,7,10H2,1H3,(H2,23,24). The number of thioether (sulfide) groups is 1. The Kier molecular flexibility index (Phi) is 7.39. The van der Waals surface area contributed by atoms with E-state index in [-0.39, 0.29) is 46.5 Å². The van der Waals surface area contributed by atoms with E-state index in [1.807, 2.05) is 12.1 Å². The molecule has 9 heteroatoms. The first-order chi connectivity index (χ1) is 13.4. The van der Waals surface area contributed by atoms with E-state index in [2.05, 4.69) is 4.98 Å². The van der Waals surface area contributed by atoms with Crippen LogP contribution in [-0.2, 0) is 14.3 Å². The molecule has 1 heterocycles. The second-order valence-electron chi connectivity index (χ2n) is 5.47. The minimum Gasteiger partial charge on any atom is -0.466 e. The molecular weight excluding hydrogens is 400 g/mol. The maximum atomic E-state index is 12.0. The lowest BCUT2D eigenvalue weighted by Crippen LogP contribution is -2.13. The summed E-state index contributed by atoms with van der Waals surface area (Å²) in [6.07, 6.45) is -0.365. The van der Waals surface area contributed by atoms with Crippen LogP contribution in [0.5, 0.6) is 0 Å². The van der Waals surface area contributed by atoms with Gasteiger partial charge < -0.3 is 10.5 Å². The largest absolute Gasteiger partial charge is 0.466 e. The first-order valence-corrected chi connectivity index (χ1v) is 9.47. The smallest absolute Gasteiger partial charge is 0.313 e. The molecule has 0 unspecified atom stereocenters. The normalized spacial score (nSPS) is 10.0. The number of carbonyl (C=O) groups is 2. The third kappa shape index (κ3) is 5.01. The molecule has 0 radical (unpaired) electrons. The van der Waals surface area contributed by atoms with Crippen LogP contribution in [0.15, 0.2) is 29.3 Å². The quantitative estimate of drug-likeness (QED) is 0.414. The first-order valence-electron chi connectivity index (χ1n) is 8.11. The van der Waals surface area contributed by atoms with E-state index >= 15 is 0 Å². The minimum atomic E-state index is -0.611. The van der Waals surface area contributed by atoms with Crippen molar-refractivity contribution in [2.75, 3.05) is 18.1 Å². The molecule has 0 amide bonds. The van der Waals surface area contributed by atoms with Gasteiger partial charge in [-0.25, -0.2) is 4.98 Å². The number of halogens is 1. The number of ketones is 1. The molecule has 1 aromatic heterocycles. The number of ether oxygens (including phenoxy) is 1. The lowest BCUT2D eigenvalue weighted by Gasteiger charge is -2.13. The topological polar surface area (TPSA) is 130 Å². The number of Topliss-reactive ketones (excluding diaryl/α,β-unsaturated/α-hetero) is 1. The summed E-state index contributed by atoms with van der Waals surface area (Å²) >= 11 is 7.01. The second kappa shape index (κ2) is 9.75. The molecule has 0 spiro atoms. The average molecular weight is 415 g/mol. The highest BCUT2D eigenvalue weighted by atomic mass is 35.5. The van der Waals surface area contributed by atoms with Gasteiger partial charge >= 0.3 is 5.97 Å². The monoisotopic (exact) mass is 414 g/mol. The highest BCUT2D eigenvalue weighted by Crippen LogP contribution is 2.36. The Bertz CT molecular complexity index is 1010. The maximum Gasteiger partial charge on any atom is 0.313 e. The number of esters is 1. The number of aromatic nitrogens is 1. The molecule has 0 aliphatic rings. The molecular formula is C19H15ClN4O3S. The molecule has 2 aromatic rings. The van der Waals surface area contributed by atoms with Crippen molar-refractivity contribution in [1.82, 2.24) is 4.98 Å². The molecule has 0 aliphatic heterocycles. The van der Waals surface area contributed by atoms with Crippen molar-refractivity contribution in [2.45, 2.75) is 18.4 Å². The van der Waals surface area contributed by atoms with Crippen LogP contribution in [-0.4, -0.2) is 29.1 Å². The van der Waals surface area contributed by atoms with E-state index in [1.165, 1.54) is 0 Å². The molecule has 0 saturated carbocycles. The van der Waals surface area contributed by atoms with Crippen molar-refractivity contribution in [3.05, 3.63) is 40.4 Å². The van der Waals surface area contributed by atoms with Gasteiger partial charge in [0.1, 0.15) is 35.0 Å². The summed E-state index contributed by atoms with van der Waals surface area (Å²) in [6, 6.07) is 10.7. The van der Waals surface area contributed by atoms with Crippen molar-refractivity contribution in [3.63, 3.8) is 0 Å². The second-order valence-corrected chi connectivity index (χ2v) is 6.87. The zero-order valence-electron chi connectivity index (χ0n) is 14.9. The van der Waals surface area contributed by atoms with Crippen LogP contribution in [0.4, 0.5) is 5.82 Å². The molecule has 0 aliphatic carbocycles. The molecule has 0 atom stereocenters. The van der Waals surface area contributed by atoms with Crippen molar-refractivity contribution in [1.29, 1.82) is 10.5 Å². The average Bonchev–Trinajstić information content (AvgIpc) is 2.65. The van der Waals surface area contributed by atoms with E-state index in [0.29, 0.717) is 16.1 Å². The number of hydrogen-bond donors (Lipinski definition) is 1. The highest BCUT2D eigenvalue weighted by molar-refractivity contribution is 8.00. The van der Waals surface area contributed by atoms with E-state index in [0.717, 1.165) is 11.8 Å². The number of benzene rings is 1. The summed E-state index contributed by atoms with van der Waals surface area (Å²) < 4.78 is 4.74. The number of pyridine rings is 1. The van der Waals surface area contributed by atoms with Crippen molar-refractivity contribution < 1.29 is 14.3 Å². The van der Waals surface area contributed by atoms with Crippen LogP contribution in [0.1, 0.15) is 24.5 Å². The predicted molar refractivity (Wildman–Crippen MR) is 106 cm³/mol. The summed E-state index contributed by atoms with van der Waals surface area (Å²) in [5.74, 6) is -1.14. The molecule has 0 saturated heterocycles. The predicted octanol–water partition coefficient (Wildman–Crippen LogP) is 3.34. The lowest BCUT2D eigenvalue weighted by molar-refractivity contribution is -0.145. The van der Waals surface area contributed by atoms with Crippen molar-refractivity contribution in [3.8, 4) is 23.3 Å². The lowest BCUT2D eigenvalue weighted by atomic mass is 9.97. The Labute approximate surface area is 171 Å². The Hall–Kier alpha value is -3.07. The van der Waals surface area contributed by atoms with Gasteiger partial charge in [-0.3, -0.25) is 9.59 Å². The Morgan fingerprint density at radius 1 is 1.29 bits per heavy atom. The Morgan fingerprint density at radius 3 is 2.61 bits per heavy atom. The number of nitriles is 2. The van der Waals surface area contributed by atoms with Crippen LogP contribution >= 0.6 is 23.4 Å². The van der Waals surface area contributed by atoms with Crippen LogP contribution < -0.4 is 5.73 Å². The Balaban J connectivity index is 2.42.